The number of hydrogen-bond donors (Lipinski definition) is 0. The summed E-state index contributed by atoms with van der Waals surface area (Å²) in [6, 6.07) is 6.98. The third kappa shape index (κ3) is 2.09. The molecular formula is C10H7Cl2NOS. The summed E-state index contributed by atoms with van der Waals surface area (Å²) in [6.45, 7) is 0. The van der Waals surface area contributed by atoms with E-state index in [0.29, 0.717) is 9.49 Å². The second-order valence-corrected chi connectivity index (χ2v) is 5.17. The summed E-state index contributed by atoms with van der Waals surface area (Å²) in [5.41, 5.74) is 0.682. The fraction of sp³-hybridized carbons (Fsp3) is 0.100. The molecule has 0 atom stereocenters. The molecule has 0 aliphatic carbocycles. The molecule has 0 aliphatic rings. The maximum absolute atomic E-state index is 11.5. The van der Waals surface area contributed by atoms with Crippen LogP contribution in [-0.2, 0) is 7.05 Å². The predicted molar refractivity (Wildman–Crippen MR) is 65.0 cm³/mol. The fourth-order valence-corrected chi connectivity index (χ4v) is 2.44. The van der Waals surface area contributed by atoms with Crippen LogP contribution < -0.4 is 5.56 Å². The van der Waals surface area contributed by atoms with Crippen molar-refractivity contribution in [1.82, 2.24) is 4.57 Å². The van der Waals surface area contributed by atoms with Crippen LogP contribution in [0.5, 0.6) is 0 Å². The summed E-state index contributed by atoms with van der Waals surface area (Å²) in [5, 5.41) is 0.419. The number of pyridine rings is 1. The summed E-state index contributed by atoms with van der Waals surface area (Å²) in [7, 11) is 1.63. The van der Waals surface area contributed by atoms with E-state index in [4.69, 9.17) is 23.2 Å². The zero-order valence-electron chi connectivity index (χ0n) is 7.83. The van der Waals surface area contributed by atoms with E-state index >= 15 is 0 Å². The van der Waals surface area contributed by atoms with E-state index in [0.717, 1.165) is 10.4 Å². The Hall–Kier alpha value is -0.770. The molecule has 0 radical (unpaired) electrons. The van der Waals surface area contributed by atoms with Crippen molar-refractivity contribution < 1.29 is 0 Å². The molecule has 2 rings (SSSR count). The first kappa shape index (κ1) is 10.7. The molecule has 0 amide bonds. The van der Waals surface area contributed by atoms with E-state index in [1.54, 1.807) is 25.2 Å². The highest BCUT2D eigenvalue weighted by Gasteiger charge is 2.05. The molecule has 0 saturated heterocycles. The number of thiophene rings is 1. The zero-order chi connectivity index (χ0) is 11.0. The Morgan fingerprint density at radius 3 is 2.53 bits per heavy atom. The summed E-state index contributed by atoms with van der Waals surface area (Å²) in [6.07, 6.45) is 0. The number of rotatable bonds is 1. The molecule has 0 saturated carbocycles. The van der Waals surface area contributed by atoms with Gasteiger partial charge in [0.05, 0.1) is 4.34 Å². The molecule has 2 nitrogen and oxygen atoms in total. The van der Waals surface area contributed by atoms with E-state index in [2.05, 4.69) is 0 Å². The molecule has 0 N–H and O–H groups in total. The molecular weight excluding hydrogens is 253 g/mol. The van der Waals surface area contributed by atoms with Gasteiger partial charge in [-0.15, -0.1) is 11.3 Å². The van der Waals surface area contributed by atoms with E-state index in [9.17, 15) is 4.79 Å². The summed E-state index contributed by atoms with van der Waals surface area (Å²) >= 11 is 13.2. The van der Waals surface area contributed by atoms with Gasteiger partial charge in [-0.1, -0.05) is 23.2 Å². The number of nitrogens with zero attached hydrogens (tertiary/aromatic N) is 1. The van der Waals surface area contributed by atoms with Gasteiger partial charge in [-0.2, -0.15) is 0 Å². The van der Waals surface area contributed by atoms with Crippen LogP contribution in [0, 0.1) is 0 Å². The lowest BCUT2D eigenvalue weighted by atomic mass is 10.2. The summed E-state index contributed by atoms with van der Waals surface area (Å²) in [5.74, 6) is 0. The van der Waals surface area contributed by atoms with E-state index in [1.165, 1.54) is 15.9 Å². The minimum atomic E-state index is -0.123. The lowest BCUT2D eigenvalue weighted by Gasteiger charge is -2.02. The smallest absolute Gasteiger partial charge is 0.252 e. The Kier molecular flexibility index (Phi) is 2.87. The van der Waals surface area contributed by atoms with Crippen molar-refractivity contribution in [3.05, 3.63) is 44.1 Å². The quantitative estimate of drug-likeness (QED) is 0.720. The van der Waals surface area contributed by atoms with Crippen LogP contribution in [0.1, 0.15) is 0 Å². The molecule has 0 aromatic carbocycles. The van der Waals surface area contributed by atoms with E-state index in [-0.39, 0.29) is 5.56 Å². The molecule has 0 unspecified atom stereocenters. The summed E-state index contributed by atoms with van der Waals surface area (Å²) < 4.78 is 2.09. The van der Waals surface area contributed by atoms with Gasteiger partial charge in [0.15, 0.2) is 0 Å². The van der Waals surface area contributed by atoms with Crippen molar-refractivity contribution in [2.24, 2.45) is 7.05 Å². The van der Waals surface area contributed by atoms with Crippen LogP contribution in [0.3, 0.4) is 0 Å². The highest BCUT2D eigenvalue weighted by molar-refractivity contribution is 7.19. The Morgan fingerprint density at radius 1 is 1.27 bits per heavy atom. The van der Waals surface area contributed by atoms with Crippen molar-refractivity contribution in [3.8, 4) is 10.4 Å². The third-order valence-electron chi connectivity index (χ3n) is 2.06. The second-order valence-electron chi connectivity index (χ2n) is 3.07. The van der Waals surface area contributed by atoms with Crippen molar-refractivity contribution in [2.45, 2.75) is 0 Å². The zero-order valence-corrected chi connectivity index (χ0v) is 10.2. The molecule has 5 heteroatoms. The average molecular weight is 260 g/mol. The monoisotopic (exact) mass is 259 g/mol. The Morgan fingerprint density at radius 2 is 2.00 bits per heavy atom. The van der Waals surface area contributed by atoms with Crippen LogP contribution in [0.15, 0.2) is 29.1 Å². The second kappa shape index (κ2) is 4.00. The molecule has 0 aliphatic heterocycles. The topological polar surface area (TPSA) is 22.0 Å². The summed E-state index contributed by atoms with van der Waals surface area (Å²) in [4.78, 5) is 12.4. The first-order chi connectivity index (χ1) is 7.08. The van der Waals surface area contributed by atoms with Gasteiger partial charge in [-0.25, -0.2) is 0 Å². The van der Waals surface area contributed by atoms with E-state index in [1.807, 2.05) is 6.07 Å². The van der Waals surface area contributed by atoms with Gasteiger partial charge in [-0.05, 0) is 18.2 Å². The van der Waals surface area contributed by atoms with Crippen LogP contribution in [-0.4, -0.2) is 4.57 Å². The third-order valence-corrected chi connectivity index (χ3v) is 3.71. The normalized spacial score (nSPS) is 10.6. The van der Waals surface area contributed by atoms with Gasteiger partial charge >= 0.3 is 0 Å². The number of hydrogen-bond acceptors (Lipinski definition) is 2. The predicted octanol–water partition coefficient (Wildman–Crippen LogP) is 3.42. The van der Waals surface area contributed by atoms with Gasteiger partial charge in [-0.3, -0.25) is 4.79 Å². The van der Waals surface area contributed by atoms with Crippen LogP contribution in [0.2, 0.25) is 9.49 Å². The van der Waals surface area contributed by atoms with Crippen LogP contribution in [0.25, 0.3) is 10.4 Å². The van der Waals surface area contributed by atoms with Crippen LogP contribution in [0.4, 0.5) is 0 Å². The van der Waals surface area contributed by atoms with Crippen LogP contribution >= 0.6 is 34.5 Å². The molecule has 0 fully saturated rings. The largest absolute Gasteiger partial charge is 0.302 e. The minimum Gasteiger partial charge on any atom is -0.302 e. The Balaban J connectivity index is 2.60. The lowest BCUT2D eigenvalue weighted by Crippen LogP contribution is -2.15. The van der Waals surface area contributed by atoms with Crippen molar-refractivity contribution >= 4 is 34.5 Å². The maximum Gasteiger partial charge on any atom is 0.252 e. The molecule has 2 aromatic rings. The number of aromatic nitrogens is 1. The molecule has 2 heterocycles. The van der Waals surface area contributed by atoms with Gasteiger partial charge < -0.3 is 4.57 Å². The van der Waals surface area contributed by atoms with Gasteiger partial charge in [0, 0.05) is 23.6 Å². The van der Waals surface area contributed by atoms with Crippen molar-refractivity contribution in [1.29, 1.82) is 0 Å². The molecule has 2 aromatic heterocycles. The standard InChI is InChI=1S/C10H7Cl2NOS/c1-13-8(11)4-6(5-10(13)14)7-2-3-9(12)15-7/h2-5H,1H3. The average Bonchev–Trinajstić information content (AvgIpc) is 2.60. The lowest BCUT2D eigenvalue weighted by molar-refractivity contribution is 0.862. The first-order valence-corrected chi connectivity index (χ1v) is 5.77. The van der Waals surface area contributed by atoms with Crippen molar-refractivity contribution in [2.75, 3.05) is 0 Å². The first-order valence-electron chi connectivity index (χ1n) is 4.20. The SMILES string of the molecule is Cn1c(Cl)cc(-c2ccc(Cl)s2)cc1=O. The Labute approximate surface area is 101 Å². The highest BCUT2D eigenvalue weighted by Crippen LogP contribution is 2.31. The highest BCUT2D eigenvalue weighted by atomic mass is 35.5. The molecule has 0 bridgehead atoms. The Bertz CT molecular complexity index is 559. The molecule has 78 valence electrons. The molecule has 15 heavy (non-hydrogen) atoms. The molecule has 0 spiro atoms. The van der Waals surface area contributed by atoms with Gasteiger partial charge in [0.2, 0.25) is 0 Å². The van der Waals surface area contributed by atoms with Gasteiger partial charge in [0.25, 0.3) is 5.56 Å². The van der Waals surface area contributed by atoms with Gasteiger partial charge in [0.1, 0.15) is 5.15 Å². The maximum atomic E-state index is 11.5. The minimum absolute atomic E-state index is 0.123. The number of halogens is 2. The van der Waals surface area contributed by atoms with Crippen molar-refractivity contribution in [3.63, 3.8) is 0 Å². The fourth-order valence-electron chi connectivity index (χ4n) is 1.21. The van der Waals surface area contributed by atoms with E-state index < -0.39 is 0 Å².